The number of hydrogen-bond acceptors (Lipinski definition) is 2. The predicted octanol–water partition coefficient (Wildman–Crippen LogP) is 3.54. The fourth-order valence-corrected chi connectivity index (χ4v) is 2.38. The smallest absolute Gasteiger partial charge is 0.334 e. The second-order valence-electron chi connectivity index (χ2n) is 4.13. The Morgan fingerprint density at radius 2 is 2.00 bits per heavy atom. The molecule has 2 rings (SSSR count). The summed E-state index contributed by atoms with van der Waals surface area (Å²) in [5.41, 5.74) is 4.15. The molecule has 0 spiro atoms. The van der Waals surface area contributed by atoms with Gasteiger partial charge in [-0.2, -0.15) is 0 Å². The second-order valence-corrected chi connectivity index (χ2v) is 4.40. The molecule has 90 valence electrons. The van der Waals surface area contributed by atoms with E-state index >= 15 is 0 Å². The Bertz CT molecular complexity index is 446. The lowest BCUT2D eigenvalue weighted by Crippen LogP contribution is -2.04. The number of carbonyl (C=O) groups is 1. The molecule has 0 saturated heterocycles. The van der Waals surface area contributed by atoms with Gasteiger partial charge in [0.15, 0.2) is 0 Å². The van der Waals surface area contributed by atoms with Crippen LogP contribution in [0, 0.1) is 0 Å². The van der Waals surface area contributed by atoms with Crippen LogP contribution in [0.15, 0.2) is 29.8 Å². The summed E-state index contributed by atoms with van der Waals surface area (Å²) in [4.78, 5) is 11.6. The minimum atomic E-state index is -0.195. The number of benzene rings is 1. The molecule has 0 aliphatic heterocycles. The standard InChI is InChI=1S/C14H15ClO2/c1-17-14(16)13-4-2-3-12(13)11-7-5-10(9-15)6-8-11/h5-8H,2-4,9H2,1H3. The van der Waals surface area contributed by atoms with Crippen LogP contribution in [-0.4, -0.2) is 13.1 Å². The maximum Gasteiger partial charge on any atom is 0.334 e. The molecule has 1 aromatic carbocycles. The second kappa shape index (κ2) is 5.37. The molecule has 0 amide bonds. The maximum absolute atomic E-state index is 11.6. The van der Waals surface area contributed by atoms with Crippen molar-refractivity contribution in [2.45, 2.75) is 25.1 Å². The number of halogens is 1. The predicted molar refractivity (Wildman–Crippen MR) is 68.8 cm³/mol. The third-order valence-corrected chi connectivity index (χ3v) is 3.41. The largest absolute Gasteiger partial charge is 0.466 e. The van der Waals surface area contributed by atoms with Crippen molar-refractivity contribution in [3.05, 3.63) is 41.0 Å². The topological polar surface area (TPSA) is 26.3 Å². The van der Waals surface area contributed by atoms with E-state index in [1.807, 2.05) is 24.3 Å². The Kier molecular flexibility index (Phi) is 3.85. The number of ether oxygens (including phenoxy) is 1. The summed E-state index contributed by atoms with van der Waals surface area (Å²) in [6, 6.07) is 8.06. The van der Waals surface area contributed by atoms with Gasteiger partial charge in [0.1, 0.15) is 0 Å². The normalized spacial score (nSPS) is 15.2. The molecular formula is C14H15ClO2. The van der Waals surface area contributed by atoms with Crippen LogP contribution in [0.3, 0.4) is 0 Å². The van der Waals surface area contributed by atoms with Crippen LogP contribution in [0.25, 0.3) is 5.57 Å². The summed E-state index contributed by atoms with van der Waals surface area (Å²) in [6.45, 7) is 0. The Balaban J connectivity index is 2.33. The van der Waals surface area contributed by atoms with Gasteiger partial charge in [-0.25, -0.2) is 4.79 Å². The van der Waals surface area contributed by atoms with Gasteiger partial charge >= 0.3 is 5.97 Å². The molecule has 0 aromatic heterocycles. The highest BCUT2D eigenvalue weighted by Crippen LogP contribution is 2.34. The van der Waals surface area contributed by atoms with Gasteiger partial charge in [0.25, 0.3) is 0 Å². The Morgan fingerprint density at radius 3 is 2.59 bits per heavy atom. The van der Waals surface area contributed by atoms with Crippen molar-refractivity contribution in [3.63, 3.8) is 0 Å². The molecule has 0 radical (unpaired) electrons. The fourth-order valence-electron chi connectivity index (χ4n) is 2.21. The van der Waals surface area contributed by atoms with E-state index in [0.29, 0.717) is 5.88 Å². The summed E-state index contributed by atoms with van der Waals surface area (Å²) >= 11 is 5.75. The molecule has 0 N–H and O–H groups in total. The van der Waals surface area contributed by atoms with Crippen molar-refractivity contribution in [2.24, 2.45) is 0 Å². The van der Waals surface area contributed by atoms with Crippen LogP contribution in [0.4, 0.5) is 0 Å². The van der Waals surface area contributed by atoms with Gasteiger partial charge < -0.3 is 4.74 Å². The van der Waals surface area contributed by atoms with Crippen LogP contribution in [-0.2, 0) is 15.4 Å². The lowest BCUT2D eigenvalue weighted by atomic mass is 10.0. The molecule has 0 saturated carbocycles. The summed E-state index contributed by atoms with van der Waals surface area (Å²) < 4.78 is 4.81. The number of hydrogen-bond donors (Lipinski definition) is 0. The van der Waals surface area contributed by atoms with Gasteiger partial charge in [-0.1, -0.05) is 24.3 Å². The third kappa shape index (κ3) is 2.52. The highest BCUT2D eigenvalue weighted by molar-refractivity contribution is 6.17. The quantitative estimate of drug-likeness (QED) is 0.606. The van der Waals surface area contributed by atoms with Crippen molar-refractivity contribution in [1.82, 2.24) is 0 Å². The lowest BCUT2D eigenvalue weighted by Gasteiger charge is -2.06. The minimum absolute atomic E-state index is 0.195. The van der Waals surface area contributed by atoms with E-state index in [1.54, 1.807) is 0 Å². The molecule has 1 aliphatic carbocycles. The molecule has 17 heavy (non-hydrogen) atoms. The molecule has 1 aliphatic rings. The molecule has 2 nitrogen and oxygen atoms in total. The van der Waals surface area contributed by atoms with Gasteiger partial charge in [0, 0.05) is 11.5 Å². The SMILES string of the molecule is COC(=O)C1=C(c2ccc(CCl)cc2)CCC1. The van der Waals surface area contributed by atoms with Crippen LogP contribution in [0.5, 0.6) is 0 Å². The number of rotatable bonds is 3. The average molecular weight is 251 g/mol. The maximum atomic E-state index is 11.6. The van der Waals surface area contributed by atoms with E-state index in [4.69, 9.17) is 16.3 Å². The monoisotopic (exact) mass is 250 g/mol. The average Bonchev–Trinajstić information content (AvgIpc) is 2.87. The molecule has 0 fully saturated rings. The third-order valence-electron chi connectivity index (χ3n) is 3.11. The number of methoxy groups -OCH3 is 1. The van der Waals surface area contributed by atoms with E-state index in [1.165, 1.54) is 7.11 Å². The zero-order chi connectivity index (χ0) is 12.3. The molecule has 3 heteroatoms. The van der Waals surface area contributed by atoms with Crippen molar-refractivity contribution >= 4 is 23.1 Å². The number of esters is 1. The van der Waals surface area contributed by atoms with Crippen molar-refractivity contribution in [2.75, 3.05) is 7.11 Å². The summed E-state index contributed by atoms with van der Waals surface area (Å²) in [6.07, 6.45) is 2.79. The van der Waals surface area contributed by atoms with Crippen molar-refractivity contribution < 1.29 is 9.53 Å². The zero-order valence-corrected chi connectivity index (χ0v) is 10.6. The summed E-state index contributed by atoms with van der Waals surface area (Å²) in [5, 5.41) is 0. The summed E-state index contributed by atoms with van der Waals surface area (Å²) in [7, 11) is 1.43. The Labute approximate surface area is 106 Å². The number of carbonyl (C=O) groups excluding carboxylic acids is 1. The molecular weight excluding hydrogens is 236 g/mol. The Morgan fingerprint density at radius 1 is 1.29 bits per heavy atom. The molecule has 0 bridgehead atoms. The number of alkyl halides is 1. The first kappa shape index (κ1) is 12.2. The van der Waals surface area contributed by atoms with Gasteiger partial charge in [-0.15, -0.1) is 11.6 Å². The van der Waals surface area contributed by atoms with Gasteiger partial charge in [0.2, 0.25) is 0 Å². The Hall–Kier alpha value is -1.28. The first-order valence-electron chi connectivity index (χ1n) is 5.72. The molecule has 0 unspecified atom stereocenters. The first-order valence-corrected chi connectivity index (χ1v) is 6.25. The highest BCUT2D eigenvalue weighted by Gasteiger charge is 2.22. The van der Waals surface area contributed by atoms with Crippen LogP contribution < -0.4 is 0 Å². The lowest BCUT2D eigenvalue weighted by molar-refractivity contribution is -0.136. The first-order chi connectivity index (χ1) is 8.26. The highest BCUT2D eigenvalue weighted by atomic mass is 35.5. The minimum Gasteiger partial charge on any atom is -0.466 e. The van der Waals surface area contributed by atoms with Gasteiger partial charge in [-0.3, -0.25) is 0 Å². The molecule has 1 aromatic rings. The zero-order valence-electron chi connectivity index (χ0n) is 9.83. The van der Waals surface area contributed by atoms with Gasteiger partial charge in [-0.05, 0) is 36.0 Å². The molecule has 0 heterocycles. The fraction of sp³-hybridized carbons (Fsp3) is 0.357. The molecule has 0 atom stereocenters. The van der Waals surface area contributed by atoms with Crippen LogP contribution in [0.1, 0.15) is 30.4 Å². The summed E-state index contributed by atoms with van der Waals surface area (Å²) in [5.74, 6) is 0.322. The number of allylic oxidation sites excluding steroid dienone is 1. The van der Waals surface area contributed by atoms with Crippen LogP contribution >= 0.6 is 11.6 Å². The van der Waals surface area contributed by atoms with Gasteiger partial charge in [0.05, 0.1) is 7.11 Å². The van der Waals surface area contributed by atoms with E-state index < -0.39 is 0 Å². The van der Waals surface area contributed by atoms with E-state index in [9.17, 15) is 4.79 Å². The van der Waals surface area contributed by atoms with Crippen molar-refractivity contribution in [3.8, 4) is 0 Å². The van der Waals surface area contributed by atoms with E-state index in [0.717, 1.165) is 41.5 Å². The van der Waals surface area contributed by atoms with E-state index in [-0.39, 0.29) is 5.97 Å². The van der Waals surface area contributed by atoms with E-state index in [2.05, 4.69) is 0 Å². The van der Waals surface area contributed by atoms with Crippen LogP contribution in [0.2, 0.25) is 0 Å². The van der Waals surface area contributed by atoms with Crippen molar-refractivity contribution in [1.29, 1.82) is 0 Å².